The van der Waals surface area contributed by atoms with Crippen molar-refractivity contribution in [1.29, 1.82) is 0 Å². The highest BCUT2D eigenvalue weighted by molar-refractivity contribution is 9.10. The topological polar surface area (TPSA) is 88.8 Å². The Morgan fingerprint density at radius 3 is 2.86 bits per heavy atom. The van der Waals surface area contributed by atoms with Crippen LogP contribution >= 0.6 is 15.9 Å². The van der Waals surface area contributed by atoms with E-state index in [-0.39, 0.29) is 17.5 Å². The van der Waals surface area contributed by atoms with Gasteiger partial charge in [-0.1, -0.05) is 15.9 Å². The Balaban J connectivity index is 1.47. The van der Waals surface area contributed by atoms with Crippen molar-refractivity contribution in [2.45, 2.75) is 12.8 Å². The first-order valence-electron chi connectivity index (χ1n) is 8.78. The molecular formula is C18H17BrFN7O. The van der Waals surface area contributed by atoms with Gasteiger partial charge in [-0.3, -0.25) is 4.79 Å². The standard InChI is InChI=1S/C18H17BrFN7O/c19-13-3-4-15(14(20)6-13)25-18(28)12-2-1-5-26(8-12)16-7-17(23-10-22-16)27-11-21-9-24-27/h3-4,6-7,9-12H,1-2,5,8H2,(H,25,28)/t12-/m0/s1. The van der Waals surface area contributed by atoms with Crippen molar-refractivity contribution >= 4 is 33.3 Å². The lowest BCUT2D eigenvalue weighted by Crippen LogP contribution is -2.41. The van der Waals surface area contributed by atoms with Crippen molar-refractivity contribution in [1.82, 2.24) is 24.7 Å². The molecule has 3 heterocycles. The van der Waals surface area contributed by atoms with Crippen LogP contribution in [0.25, 0.3) is 5.82 Å². The summed E-state index contributed by atoms with van der Waals surface area (Å²) >= 11 is 3.21. The summed E-state index contributed by atoms with van der Waals surface area (Å²) in [5.41, 5.74) is 0.181. The third-order valence-electron chi connectivity index (χ3n) is 4.60. The van der Waals surface area contributed by atoms with Gasteiger partial charge in [0.15, 0.2) is 5.82 Å². The van der Waals surface area contributed by atoms with E-state index in [0.717, 1.165) is 19.4 Å². The predicted molar refractivity (Wildman–Crippen MR) is 105 cm³/mol. The van der Waals surface area contributed by atoms with Crippen molar-refractivity contribution in [3.63, 3.8) is 0 Å². The molecule has 8 nitrogen and oxygen atoms in total. The Bertz CT molecular complexity index is 982. The van der Waals surface area contributed by atoms with Gasteiger partial charge in [0.05, 0.1) is 11.6 Å². The van der Waals surface area contributed by atoms with E-state index in [0.29, 0.717) is 22.7 Å². The quantitative estimate of drug-likeness (QED) is 0.663. The summed E-state index contributed by atoms with van der Waals surface area (Å²) in [5.74, 6) is 0.389. The van der Waals surface area contributed by atoms with Crippen LogP contribution in [0.5, 0.6) is 0 Å². The Morgan fingerprint density at radius 2 is 2.07 bits per heavy atom. The molecule has 4 rings (SSSR count). The van der Waals surface area contributed by atoms with Crippen LogP contribution in [0, 0.1) is 11.7 Å². The van der Waals surface area contributed by atoms with Gasteiger partial charge in [0, 0.05) is 23.6 Å². The number of amides is 1. The molecule has 3 aromatic rings. The van der Waals surface area contributed by atoms with Crippen LogP contribution in [0.2, 0.25) is 0 Å². The molecule has 1 atom stereocenters. The molecule has 0 spiro atoms. The Hall–Kier alpha value is -2.88. The van der Waals surface area contributed by atoms with Gasteiger partial charge in [0.2, 0.25) is 5.91 Å². The zero-order valence-electron chi connectivity index (χ0n) is 14.8. The van der Waals surface area contributed by atoms with Gasteiger partial charge in [-0.25, -0.2) is 24.0 Å². The van der Waals surface area contributed by atoms with Crippen molar-refractivity contribution in [2.75, 3.05) is 23.3 Å². The number of nitrogens with one attached hydrogen (secondary N) is 1. The maximum Gasteiger partial charge on any atom is 0.229 e. The van der Waals surface area contributed by atoms with E-state index in [9.17, 15) is 9.18 Å². The summed E-state index contributed by atoms with van der Waals surface area (Å²) in [5, 5.41) is 6.77. The normalized spacial score (nSPS) is 16.8. The van der Waals surface area contributed by atoms with Crippen LogP contribution in [0.15, 0.2) is 47.7 Å². The van der Waals surface area contributed by atoms with Crippen molar-refractivity contribution in [2.24, 2.45) is 5.92 Å². The first-order chi connectivity index (χ1) is 13.6. The monoisotopic (exact) mass is 445 g/mol. The number of carbonyl (C=O) groups is 1. The lowest BCUT2D eigenvalue weighted by Gasteiger charge is -2.32. The summed E-state index contributed by atoms with van der Waals surface area (Å²) in [6.45, 7) is 1.28. The first-order valence-corrected chi connectivity index (χ1v) is 9.57. The number of aromatic nitrogens is 5. The highest BCUT2D eigenvalue weighted by Crippen LogP contribution is 2.25. The van der Waals surface area contributed by atoms with Crippen LogP contribution in [0.4, 0.5) is 15.9 Å². The fourth-order valence-electron chi connectivity index (χ4n) is 3.19. The molecule has 1 fully saturated rings. The molecule has 0 aliphatic carbocycles. The van der Waals surface area contributed by atoms with Gasteiger partial charge in [-0.05, 0) is 31.0 Å². The minimum atomic E-state index is -0.469. The largest absolute Gasteiger partial charge is 0.356 e. The Kier molecular flexibility index (Phi) is 5.29. The number of hydrogen-bond acceptors (Lipinski definition) is 6. The maximum absolute atomic E-state index is 14.0. The number of carbonyl (C=O) groups excluding carboxylic acids is 1. The number of nitrogens with zero attached hydrogens (tertiary/aromatic N) is 6. The highest BCUT2D eigenvalue weighted by atomic mass is 79.9. The average Bonchev–Trinajstić information content (AvgIpc) is 3.25. The third-order valence-corrected chi connectivity index (χ3v) is 5.09. The molecule has 1 aromatic carbocycles. The van der Waals surface area contributed by atoms with E-state index in [2.05, 4.69) is 41.3 Å². The maximum atomic E-state index is 14.0. The number of piperidine rings is 1. The van der Waals surface area contributed by atoms with E-state index in [1.807, 2.05) is 11.0 Å². The molecule has 1 aliphatic rings. The molecule has 0 radical (unpaired) electrons. The number of rotatable bonds is 4. The van der Waals surface area contributed by atoms with E-state index >= 15 is 0 Å². The number of halogens is 2. The van der Waals surface area contributed by atoms with E-state index < -0.39 is 5.82 Å². The molecule has 1 amide bonds. The molecule has 144 valence electrons. The number of anilines is 2. The van der Waals surface area contributed by atoms with Crippen LogP contribution < -0.4 is 10.2 Å². The van der Waals surface area contributed by atoms with E-state index in [4.69, 9.17) is 0 Å². The third kappa shape index (κ3) is 4.01. The molecule has 0 unspecified atom stereocenters. The van der Waals surface area contributed by atoms with Gasteiger partial charge in [0.25, 0.3) is 0 Å². The van der Waals surface area contributed by atoms with Gasteiger partial charge < -0.3 is 10.2 Å². The Labute approximate surface area is 168 Å². The molecule has 1 aliphatic heterocycles. The molecular weight excluding hydrogens is 429 g/mol. The van der Waals surface area contributed by atoms with Crippen LogP contribution in [0.3, 0.4) is 0 Å². The number of benzene rings is 1. The minimum Gasteiger partial charge on any atom is -0.356 e. The molecule has 0 saturated carbocycles. The molecule has 1 saturated heterocycles. The summed E-state index contributed by atoms with van der Waals surface area (Å²) in [7, 11) is 0. The second-order valence-electron chi connectivity index (χ2n) is 6.47. The van der Waals surface area contributed by atoms with Crippen molar-refractivity contribution in [3.05, 3.63) is 53.5 Å². The van der Waals surface area contributed by atoms with Gasteiger partial charge >= 0.3 is 0 Å². The minimum absolute atomic E-state index is 0.181. The van der Waals surface area contributed by atoms with Crippen molar-refractivity contribution < 1.29 is 9.18 Å². The van der Waals surface area contributed by atoms with E-state index in [1.165, 1.54) is 18.7 Å². The molecule has 28 heavy (non-hydrogen) atoms. The molecule has 10 heteroatoms. The zero-order valence-corrected chi connectivity index (χ0v) is 16.4. The predicted octanol–water partition coefficient (Wildman–Crippen LogP) is 2.81. The Morgan fingerprint density at radius 1 is 1.21 bits per heavy atom. The summed E-state index contributed by atoms with van der Waals surface area (Å²) in [6, 6.07) is 6.38. The lowest BCUT2D eigenvalue weighted by molar-refractivity contribution is -0.120. The van der Waals surface area contributed by atoms with Gasteiger partial charge in [0.1, 0.15) is 30.6 Å². The highest BCUT2D eigenvalue weighted by Gasteiger charge is 2.27. The lowest BCUT2D eigenvalue weighted by atomic mass is 9.97. The summed E-state index contributed by atoms with van der Waals surface area (Å²) < 4.78 is 16.2. The second-order valence-corrected chi connectivity index (χ2v) is 7.39. The molecule has 2 aromatic heterocycles. The fourth-order valence-corrected chi connectivity index (χ4v) is 3.52. The van der Waals surface area contributed by atoms with Crippen LogP contribution in [-0.4, -0.2) is 43.7 Å². The smallest absolute Gasteiger partial charge is 0.229 e. The van der Waals surface area contributed by atoms with Gasteiger partial charge in [-0.15, -0.1) is 0 Å². The molecule has 1 N–H and O–H groups in total. The van der Waals surface area contributed by atoms with Crippen LogP contribution in [0.1, 0.15) is 12.8 Å². The van der Waals surface area contributed by atoms with Crippen molar-refractivity contribution in [3.8, 4) is 5.82 Å². The number of hydrogen-bond donors (Lipinski definition) is 1. The first kappa shape index (κ1) is 18.5. The summed E-state index contributed by atoms with van der Waals surface area (Å²) in [4.78, 5) is 27.2. The second kappa shape index (κ2) is 8.01. The van der Waals surface area contributed by atoms with Crippen LogP contribution in [-0.2, 0) is 4.79 Å². The van der Waals surface area contributed by atoms with Gasteiger partial charge in [-0.2, -0.15) is 5.10 Å². The zero-order chi connectivity index (χ0) is 19.5. The molecule has 0 bridgehead atoms. The van der Waals surface area contributed by atoms with E-state index in [1.54, 1.807) is 23.1 Å². The fraction of sp³-hybridized carbons (Fsp3) is 0.278. The average molecular weight is 446 g/mol. The SMILES string of the molecule is O=C(Nc1ccc(Br)cc1F)[C@H]1CCCN(c2cc(-n3cncn3)ncn2)C1. The summed E-state index contributed by atoms with van der Waals surface area (Å²) in [6.07, 6.45) is 6.04.